The molecule has 0 aliphatic carbocycles. The van der Waals surface area contributed by atoms with Crippen LogP contribution in [0.2, 0.25) is 0 Å². The van der Waals surface area contributed by atoms with E-state index in [1.165, 1.54) is 0 Å². The van der Waals surface area contributed by atoms with Gasteiger partial charge < -0.3 is 28.5 Å². The molecule has 0 aliphatic rings. The van der Waals surface area contributed by atoms with Gasteiger partial charge in [-0.05, 0) is 27.8 Å². The van der Waals surface area contributed by atoms with Gasteiger partial charge in [-0.3, -0.25) is 0 Å². The Bertz CT molecular complexity index is 1530. The minimum atomic E-state index is -0.948. The van der Waals surface area contributed by atoms with Crippen molar-refractivity contribution in [3.8, 4) is 0 Å². The maximum Gasteiger partial charge on any atom is 0.151 e. The molecule has 0 fully saturated rings. The Kier molecular flexibility index (Phi) is 13.9. The molecular weight excluding hydrogens is 588 g/mol. The molecule has 4 atom stereocenters. The van der Waals surface area contributed by atoms with Crippen LogP contribution in [-0.4, -0.2) is 37.3 Å². The first-order valence-electron chi connectivity index (χ1n) is 16.0. The maximum atomic E-state index is 12.8. The van der Waals surface area contributed by atoms with Crippen LogP contribution in [0.15, 0.2) is 152 Å². The SMILES string of the molecule is O=C[C@H](OCc1ccccc1)[C@@H](OCc1ccccc1)[C@@H](OCc1ccccc1)[C@@H](COCc1ccccc1)OCc1ccccc1. The Morgan fingerprint density at radius 1 is 0.404 bits per heavy atom. The third kappa shape index (κ3) is 11.4. The zero-order valence-electron chi connectivity index (χ0n) is 26.5. The molecule has 0 spiro atoms. The Morgan fingerprint density at radius 3 is 1.15 bits per heavy atom. The third-order valence-electron chi connectivity index (χ3n) is 7.70. The number of benzene rings is 5. The van der Waals surface area contributed by atoms with Crippen molar-refractivity contribution in [2.75, 3.05) is 6.61 Å². The van der Waals surface area contributed by atoms with Crippen molar-refractivity contribution in [3.63, 3.8) is 0 Å². The minimum Gasteiger partial charge on any atom is -0.374 e. The number of carbonyl (C=O) groups excluding carboxylic acids is 1. The van der Waals surface area contributed by atoms with Crippen LogP contribution in [0.4, 0.5) is 0 Å². The van der Waals surface area contributed by atoms with E-state index in [0.717, 1.165) is 34.1 Å². The van der Waals surface area contributed by atoms with Gasteiger partial charge in [-0.1, -0.05) is 152 Å². The molecule has 0 N–H and O–H groups in total. The summed E-state index contributed by atoms with van der Waals surface area (Å²) in [6.07, 6.45) is -2.30. The van der Waals surface area contributed by atoms with Crippen LogP contribution >= 0.6 is 0 Å². The lowest BCUT2D eigenvalue weighted by Crippen LogP contribution is -2.51. The largest absolute Gasteiger partial charge is 0.374 e. The molecule has 0 saturated heterocycles. The lowest BCUT2D eigenvalue weighted by Gasteiger charge is -2.36. The van der Waals surface area contributed by atoms with E-state index in [1.54, 1.807) is 0 Å². The fraction of sp³-hybridized carbons (Fsp3) is 0.244. The van der Waals surface area contributed by atoms with Gasteiger partial charge in [-0.25, -0.2) is 0 Å². The van der Waals surface area contributed by atoms with Gasteiger partial charge in [0.25, 0.3) is 0 Å². The lowest BCUT2D eigenvalue weighted by atomic mass is 10.0. The van der Waals surface area contributed by atoms with Gasteiger partial charge in [0.05, 0.1) is 39.6 Å². The molecule has 5 rings (SSSR count). The summed E-state index contributed by atoms with van der Waals surface area (Å²) in [6.45, 7) is 1.70. The minimum absolute atomic E-state index is 0.205. The zero-order valence-corrected chi connectivity index (χ0v) is 26.5. The summed E-state index contributed by atoms with van der Waals surface area (Å²) < 4.78 is 32.5. The van der Waals surface area contributed by atoms with Crippen molar-refractivity contribution < 1.29 is 28.5 Å². The van der Waals surface area contributed by atoms with Gasteiger partial charge in [0.2, 0.25) is 0 Å². The molecule has 47 heavy (non-hydrogen) atoms. The Morgan fingerprint density at radius 2 is 0.745 bits per heavy atom. The number of carbonyl (C=O) groups is 1. The molecule has 242 valence electrons. The summed E-state index contributed by atoms with van der Waals surface area (Å²) in [5.41, 5.74) is 4.96. The fourth-order valence-electron chi connectivity index (χ4n) is 5.18. The van der Waals surface area contributed by atoms with Crippen LogP contribution in [0, 0.1) is 0 Å². The summed E-state index contributed by atoms with van der Waals surface area (Å²) >= 11 is 0. The second kappa shape index (κ2) is 19.3. The molecule has 0 unspecified atom stereocenters. The van der Waals surface area contributed by atoms with Crippen molar-refractivity contribution in [2.24, 2.45) is 0 Å². The summed E-state index contributed by atoms with van der Waals surface area (Å²) in [4.78, 5) is 12.8. The van der Waals surface area contributed by atoms with Gasteiger partial charge in [0.15, 0.2) is 6.29 Å². The molecule has 0 saturated carbocycles. The second-order valence-electron chi connectivity index (χ2n) is 11.3. The highest BCUT2D eigenvalue weighted by Crippen LogP contribution is 2.23. The van der Waals surface area contributed by atoms with Crippen molar-refractivity contribution >= 4 is 6.29 Å². The highest BCUT2D eigenvalue weighted by Gasteiger charge is 2.39. The van der Waals surface area contributed by atoms with E-state index >= 15 is 0 Å². The number of hydrogen-bond donors (Lipinski definition) is 0. The summed E-state index contributed by atoms with van der Waals surface area (Å²) in [5.74, 6) is 0. The van der Waals surface area contributed by atoms with Crippen molar-refractivity contribution in [2.45, 2.75) is 57.5 Å². The summed E-state index contributed by atoms with van der Waals surface area (Å²) in [5, 5.41) is 0. The second-order valence-corrected chi connectivity index (χ2v) is 11.3. The average molecular weight is 631 g/mol. The monoisotopic (exact) mass is 630 g/mol. The van der Waals surface area contributed by atoms with Crippen molar-refractivity contribution in [1.82, 2.24) is 0 Å². The van der Waals surface area contributed by atoms with E-state index in [-0.39, 0.29) is 26.4 Å². The van der Waals surface area contributed by atoms with Gasteiger partial charge in [-0.2, -0.15) is 0 Å². The van der Waals surface area contributed by atoms with Crippen LogP contribution in [0.5, 0.6) is 0 Å². The lowest BCUT2D eigenvalue weighted by molar-refractivity contribution is -0.197. The topological polar surface area (TPSA) is 63.2 Å². The van der Waals surface area contributed by atoms with Crippen molar-refractivity contribution in [3.05, 3.63) is 179 Å². The number of hydrogen-bond acceptors (Lipinski definition) is 6. The quantitative estimate of drug-likeness (QED) is 0.0820. The molecule has 6 nitrogen and oxygen atoms in total. The number of rotatable bonds is 20. The molecule has 5 aromatic rings. The zero-order chi connectivity index (χ0) is 32.4. The molecule has 0 aromatic heterocycles. The molecule has 0 bridgehead atoms. The molecule has 5 aromatic carbocycles. The summed E-state index contributed by atoms with van der Waals surface area (Å²) in [7, 11) is 0. The first kappa shape index (κ1) is 33.9. The Balaban J connectivity index is 1.45. The van der Waals surface area contributed by atoms with Crippen LogP contribution in [0.25, 0.3) is 0 Å². The first-order chi connectivity index (χ1) is 23.3. The van der Waals surface area contributed by atoms with Gasteiger partial charge in [0, 0.05) is 0 Å². The predicted octanol–water partition coefficient (Wildman–Crippen LogP) is 7.74. The maximum absolute atomic E-state index is 12.8. The van der Waals surface area contributed by atoms with Crippen molar-refractivity contribution in [1.29, 1.82) is 0 Å². The van der Waals surface area contributed by atoms with E-state index in [1.807, 2.05) is 152 Å². The van der Waals surface area contributed by atoms with Gasteiger partial charge >= 0.3 is 0 Å². The molecular formula is C41H42O6. The van der Waals surface area contributed by atoms with Crippen LogP contribution < -0.4 is 0 Å². The third-order valence-corrected chi connectivity index (χ3v) is 7.70. The molecule has 0 amide bonds. The van der Waals surface area contributed by atoms with E-state index in [9.17, 15) is 4.79 Å². The van der Waals surface area contributed by atoms with E-state index in [0.29, 0.717) is 13.2 Å². The predicted molar refractivity (Wildman–Crippen MR) is 182 cm³/mol. The highest BCUT2D eigenvalue weighted by atomic mass is 16.6. The molecule has 6 heteroatoms. The van der Waals surface area contributed by atoms with E-state index in [2.05, 4.69) is 0 Å². The Hall–Kier alpha value is -4.43. The normalized spacial score (nSPS) is 13.8. The van der Waals surface area contributed by atoms with Gasteiger partial charge in [0.1, 0.15) is 24.4 Å². The highest BCUT2D eigenvalue weighted by molar-refractivity contribution is 5.57. The van der Waals surface area contributed by atoms with E-state index < -0.39 is 24.4 Å². The van der Waals surface area contributed by atoms with Crippen LogP contribution in [0.1, 0.15) is 27.8 Å². The standard InChI is InChI=1S/C41H42O6/c42-26-38(44-28-34-18-8-2-9-19-34)40(46-30-36-22-12-4-13-23-36)41(47-31-37-24-14-5-15-25-37)39(45-29-35-20-10-3-11-21-35)32-43-27-33-16-6-1-7-17-33/h1-26,38-41H,27-32H2/t38-,39+,40+,41-/m0/s1. The smallest absolute Gasteiger partial charge is 0.151 e. The van der Waals surface area contributed by atoms with Gasteiger partial charge in [-0.15, -0.1) is 0 Å². The Labute approximate surface area is 277 Å². The van der Waals surface area contributed by atoms with E-state index in [4.69, 9.17) is 23.7 Å². The molecule has 0 aliphatic heterocycles. The molecule has 0 heterocycles. The van der Waals surface area contributed by atoms with Crippen LogP contribution in [0.3, 0.4) is 0 Å². The molecule has 0 radical (unpaired) electrons. The number of ether oxygens (including phenoxy) is 5. The first-order valence-corrected chi connectivity index (χ1v) is 16.0. The summed E-state index contributed by atoms with van der Waals surface area (Å²) in [6, 6.07) is 49.5. The van der Waals surface area contributed by atoms with Crippen LogP contribution in [-0.2, 0) is 61.5 Å². The average Bonchev–Trinajstić information content (AvgIpc) is 3.14. The number of aldehydes is 1. The fourth-order valence-corrected chi connectivity index (χ4v) is 5.18.